The number of hydrogen-bond donors (Lipinski definition) is 2. The van der Waals surface area contributed by atoms with Gasteiger partial charge in [-0.2, -0.15) is 0 Å². The molecule has 0 bridgehead atoms. The quantitative estimate of drug-likeness (QED) is 0.279. The van der Waals surface area contributed by atoms with Gasteiger partial charge in [0.15, 0.2) is 39.6 Å². The zero-order chi connectivity index (χ0) is 27.3. The highest BCUT2D eigenvalue weighted by Gasteiger charge is 2.56. The van der Waals surface area contributed by atoms with Gasteiger partial charge < -0.3 is 24.6 Å². The Labute approximate surface area is 228 Å². The lowest BCUT2D eigenvalue weighted by atomic mass is 10.1. The predicted molar refractivity (Wildman–Crippen MR) is 140 cm³/mol. The second-order valence-electron chi connectivity index (χ2n) is 10.7. The van der Waals surface area contributed by atoms with Crippen molar-refractivity contribution in [2.75, 3.05) is 24.3 Å². The Balaban J connectivity index is 1.31. The van der Waals surface area contributed by atoms with Gasteiger partial charge in [-0.3, -0.25) is 0 Å². The number of thioether (sulfide) groups is 1. The van der Waals surface area contributed by atoms with Gasteiger partial charge in [0.1, 0.15) is 12.2 Å². The third-order valence-electron chi connectivity index (χ3n) is 7.34. The first-order valence-electron chi connectivity index (χ1n) is 13.3. The van der Waals surface area contributed by atoms with Crippen molar-refractivity contribution in [1.29, 1.82) is 0 Å². The van der Waals surface area contributed by atoms with E-state index in [9.17, 15) is 13.9 Å². The lowest BCUT2D eigenvalue weighted by molar-refractivity contribution is -0.171. The molecular formula is C26H32F2N6O4S. The highest BCUT2D eigenvalue weighted by atomic mass is 32.2. The molecule has 1 aliphatic heterocycles. The van der Waals surface area contributed by atoms with Crippen molar-refractivity contribution in [3.63, 3.8) is 0 Å². The Morgan fingerprint density at radius 1 is 1.18 bits per heavy atom. The third kappa shape index (κ3) is 5.22. The van der Waals surface area contributed by atoms with Gasteiger partial charge in [0.05, 0.1) is 25.4 Å². The number of halogens is 2. The molecule has 6 atom stereocenters. The predicted octanol–water partition coefficient (Wildman–Crippen LogP) is 3.81. The van der Waals surface area contributed by atoms with Crippen LogP contribution in [0.3, 0.4) is 0 Å². The number of anilines is 1. The summed E-state index contributed by atoms with van der Waals surface area (Å²) in [6.07, 6.45) is 1.38. The SMILES string of the molecule is CCCSc1nc(N[C@H]2C[C@@H]2c2ccc(F)c(F)c2)c2nnn([C@@H]3C[C@H](OCCO)[C@H]4OC(C)(C)O[C@H]43)c2n1. The highest BCUT2D eigenvalue weighted by molar-refractivity contribution is 7.99. The number of rotatable bonds is 10. The molecule has 0 unspecified atom stereocenters. The Hall–Kier alpha value is -2.45. The molecule has 3 heterocycles. The molecule has 10 nitrogen and oxygen atoms in total. The molecule has 39 heavy (non-hydrogen) atoms. The maximum atomic E-state index is 13.8. The van der Waals surface area contributed by atoms with E-state index in [0.29, 0.717) is 28.6 Å². The summed E-state index contributed by atoms with van der Waals surface area (Å²) in [5.74, 6) is -1.03. The van der Waals surface area contributed by atoms with Crippen molar-refractivity contribution in [2.24, 2.45) is 0 Å². The molecule has 210 valence electrons. The van der Waals surface area contributed by atoms with Gasteiger partial charge in [-0.1, -0.05) is 30.0 Å². The molecule has 0 amide bonds. The standard InChI is InChI=1S/C26H32F2N6O4S/c1-4-9-39-25-30-23(29-17-11-14(17)13-5-6-15(27)16(28)10-13)20-24(31-25)34(33-32-20)18-12-19(36-8-7-35)22-21(18)37-26(2,3)38-22/h5-6,10,14,17-19,21-22,35H,4,7-9,11-12H2,1-3H3,(H,29,30,31)/t14-,17+,18-,19+,21+,22-/m1/s1. The summed E-state index contributed by atoms with van der Waals surface area (Å²) in [7, 11) is 0. The minimum Gasteiger partial charge on any atom is -0.394 e. The van der Waals surface area contributed by atoms with Gasteiger partial charge in [0.2, 0.25) is 0 Å². The molecule has 2 N–H and O–H groups in total. The number of hydrogen-bond acceptors (Lipinski definition) is 10. The van der Waals surface area contributed by atoms with E-state index in [1.165, 1.54) is 6.07 Å². The van der Waals surface area contributed by atoms with Crippen molar-refractivity contribution in [2.45, 2.75) is 87.3 Å². The first kappa shape index (κ1) is 26.8. The van der Waals surface area contributed by atoms with E-state index < -0.39 is 17.4 Å². The largest absolute Gasteiger partial charge is 0.394 e. The van der Waals surface area contributed by atoms with Crippen molar-refractivity contribution in [1.82, 2.24) is 25.0 Å². The number of nitrogens with zero attached hydrogens (tertiary/aromatic N) is 5. The normalized spacial score (nSPS) is 29.2. The minimum atomic E-state index is -0.853. The number of ether oxygens (including phenoxy) is 3. The molecule has 3 fully saturated rings. The van der Waals surface area contributed by atoms with Crippen LogP contribution in [0.1, 0.15) is 57.6 Å². The minimum absolute atomic E-state index is 0.00150. The van der Waals surface area contributed by atoms with Crippen molar-refractivity contribution in [3.05, 3.63) is 35.4 Å². The first-order valence-corrected chi connectivity index (χ1v) is 14.3. The fraction of sp³-hybridized carbons (Fsp3) is 0.615. The summed E-state index contributed by atoms with van der Waals surface area (Å²) < 4.78 is 47.4. The number of aliphatic hydroxyl groups is 1. The van der Waals surface area contributed by atoms with E-state index in [1.807, 2.05) is 13.8 Å². The van der Waals surface area contributed by atoms with Crippen LogP contribution in [0.4, 0.5) is 14.6 Å². The molecule has 0 radical (unpaired) electrons. The van der Waals surface area contributed by atoms with Crippen LogP contribution in [0.5, 0.6) is 0 Å². The molecule has 2 aromatic heterocycles. The summed E-state index contributed by atoms with van der Waals surface area (Å²) in [5, 5.41) is 22.3. The third-order valence-corrected chi connectivity index (χ3v) is 8.40. The van der Waals surface area contributed by atoms with Gasteiger partial charge in [-0.15, -0.1) is 5.10 Å². The zero-order valence-corrected chi connectivity index (χ0v) is 22.8. The Kier molecular flexibility index (Phi) is 7.21. The fourth-order valence-corrected chi connectivity index (χ4v) is 6.24. The Morgan fingerprint density at radius 2 is 2.00 bits per heavy atom. The van der Waals surface area contributed by atoms with Crippen LogP contribution < -0.4 is 5.32 Å². The fourth-order valence-electron chi connectivity index (χ4n) is 5.55. The van der Waals surface area contributed by atoms with Gasteiger partial charge >= 0.3 is 0 Å². The summed E-state index contributed by atoms with van der Waals surface area (Å²) in [4.78, 5) is 9.57. The van der Waals surface area contributed by atoms with Crippen LogP contribution in [-0.2, 0) is 14.2 Å². The molecule has 0 spiro atoms. The molecule has 1 saturated heterocycles. The molecule has 2 aliphatic carbocycles. The molecule has 6 rings (SSSR count). The van der Waals surface area contributed by atoms with Gasteiger partial charge in [-0.25, -0.2) is 23.4 Å². The van der Waals surface area contributed by atoms with E-state index >= 15 is 0 Å². The number of benzene rings is 1. The van der Waals surface area contributed by atoms with E-state index in [2.05, 4.69) is 22.6 Å². The summed E-state index contributed by atoms with van der Waals surface area (Å²) >= 11 is 1.55. The van der Waals surface area contributed by atoms with Crippen molar-refractivity contribution < 1.29 is 28.1 Å². The number of aliphatic hydroxyl groups excluding tert-OH is 1. The zero-order valence-electron chi connectivity index (χ0n) is 22.0. The molecule has 2 saturated carbocycles. The molecule has 3 aromatic rings. The van der Waals surface area contributed by atoms with E-state index in [4.69, 9.17) is 24.2 Å². The Bertz CT molecular complexity index is 1360. The van der Waals surface area contributed by atoms with Crippen molar-refractivity contribution >= 4 is 28.7 Å². The van der Waals surface area contributed by atoms with E-state index in [-0.39, 0.29) is 49.5 Å². The lowest BCUT2D eigenvalue weighted by Gasteiger charge is -2.23. The van der Waals surface area contributed by atoms with Gasteiger partial charge in [0.25, 0.3) is 0 Å². The molecule has 1 aromatic carbocycles. The average Bonchev–Trinajstić information content (AvgIpc) is 3.24. The topological polar surface area (TPSA) is 116 Å². The number of aromatic nitrogens is 5. The van der Waals surface area contributed by atoms with Crippen LogP contribution in [0, 0.1) is 11.6 Å². The second-order valence-corrected chi connectivity index (χ2v) is 11.7. The summed E-state index contributed by atoms with van der Waals surface area (Å²) in [5.41, 5.74) is 1.85. The van der Waals surface area contributed by atoms with Gasteiger partial charge in [0, 0.05) is 24.1 Å². The monoisotopic (exact) mass is 562 g/mol. The molecule has 3 aliphatic rings. The summed E-state index contributed by atoms with van der Waals surface area (Å²) in [6.45, 7) is 5.96. The van der Waals surface area contributed by atoms with E-state index in [0.717, 1.165) is 30.2 Å². The maximum Gasteiger partial charge on any atom is 0.191 e. The van der Waals surface area contributed by atoms with Gasteiger partial charge in [-0.05, 0) is 44.4 Å². The first-order chi connectivity index (χ1) is 18.8. The van der Waals surface area contributed by atoms with Crippen LogP contribution >= 0.6 is 11.8 Å². The van der Waals surface area contributed by atoms with E-state index in [1.54, 1.807) is 22.5 Å². The van der Waals surface area contributed by atoms with Crippen LogP contribution in [0.2, 0.25) is 0 Å². The number of nitrogens with one attached hydrogen (secondary N) is 1. The lowest BCUT2D eigenvalue weighted by Crippen LogP contribution is -2.31. The Morgan fingerprint density at radius 3 is 2.77 bits per heavy atom. The smallest absolute Gasteiger partial charge is 0.191 e. The molecule has 13 heteroatoms. The van der Waals surface area contributed by atoms with Crippen LogP contribution in [0.25, 0.3) is 11.2 Å². The van der Waals surface area contributed by atoms with Crippen molar-refractivity contribution in [3.8, 4) is 0 Å². The number of fused-ring (bicyclic) bond motifs is 2. The summed E-state index contributed by atoms with van der Waals surface area (Å²) in [6, 6.07) is 3.80. The maximum absolute atomic E-state index is 13.8. The second kappa shape index (κ2) is 10.5. The van der Waals surface area contributed by atoms with Crippen LogP contribution in [-0.4, -0.2) is 79.2 Å². The average molecular weight is 563 g/mol. The highest BCUT2D eigenvalue weighted by Crippen LogP contribution is 2.46. The van der Waals surface area contributed by atoms with Crippen LogP contribution in [0.15, 0.2) is 23.4 Å². The molecular weight excluding hydrogens is 530 g/mol.